The quantitative estimate of drug-likeness (QED) is 0.873. The number of carbonyl (C=O) groups is 1. The molecule has 0 bridgehead atoms. The van der Waals surface area contributed by atoms with E-state index >= 15 is 0 Å². The van der Waals surface area contributed by atoms with E-state index in [1.54, 1.807) is 12.0 Å². The van der Waals surface area contributed by atoms with Gasteiger partial charge in [0.2, 0.25) is 0 Å². The third-order valence-electron chi connectivity index (χ3n) is 3.54. The van der Waals surface area contributed by atoms with E-state index < -0.39 is 11.8 Å². The molecule has 0 radical (unpaired) electrons. The summed E-state index contributed by atoms with van der Waals surface area (Å²) in [5, 5.41) is 1.09. The average molecular weight is 288 g/mol. The second-order valence-corrected chi connectivity index (χ2v) is 6.26. The number of nitrogens with zero attached hydrogens (tertiary/aromatic N) is 1. The molecule has 5 heteroatoms. The number of hydrogen-bond acceptors (Lipinski definition) is 3. The summed E-state index contributed by atoms with van der Waals surface area (Å²) in [5.74, 6) is 0. The van der Waals surface area contributed by atoms with E-state index in [-0.39, 0.29) is 6.09 Å². The lowest BCUT2D eigenvalue weighted by atomic mass is 10.1. The Labute approximate surface area is 123 Å². The number of ether oxygens (including phenoxy) is 2. The van der Waals surface area contributed by atoms with Crippen LogP contribution in [0.4, 0.5) is 4.79 Å². The van der Waals surface area contributed by atoms with Gasteiger partial charge in [0, 0.05) is 29.3 Å². The van der Waals surface area contributed by atoms with Gasteiger partial charge >= 0.3 is 6.09 Å². The van der Waals surface area contributed by atoms with Crippen molar-refractivity contribution in [3.8, 4) is 0 Å². The second kappa shape index (κ2) is 4.77. The van der Waals surface area contributed by atoms with Crippen molar-refractivity contribution in [2.45, 2.75) is 39.1 Å². The van der Waals surface area contributed by atoms with Crippen LogP contribution in [0.2, 0.25) is 0 Å². The second-order valence-electron chi connectivity index (χ2n) is 6.26. The van der Waals surface area contributed by atoms with Crippen LogP contribution in [-0.4, -0.2) is 28.7 Å². The van der Waals surface area contributed by atoms with E-state index in [4.69, 9.17) is 9.47 Å². The number of fused-ring (bicyclic) bond motifs is 3. The Morgan fingerprint density at radius 1 is 1.33 bits per heavy atom. The van der Waals surface area contributed by atoms with E-state index in [0.29, 0.717) is 6.54 Å². The molecule has 0 saturated carbocycles. The van der Waals surface area contributed by atoms with E-state index in [1.807, 2.05) is 45.0 Å². The van der Waals surface area contributed by atoms with Crippen LogP contribution in [0.15, 0.2) is 24.3 Å². The minimum absolute atomic E-state index is 0.358. The number of aromatic nitrogens is 1. The molecule has 1 aliphatic rings. The lowest BCUT2D eigenvalue weighted by Crippen LogP contribution is -2.36. The number of para-hydroxylation sites is 1. The van der Waals surface area contributed by atoms with Gasteiger partial charge < -0.3 is 14.5 Å². The maximum atomic E-state index is 12.3. The number of amides is 1. The zero-order valence-corrected chi connectivity index (χ0v) is 12.8. The third kappa shape index (κ3) is 2.38. The SMILES string of the molecule is COC1c2c([nH]c3ccccc23)CN1C(=O)OC(C)(C)C. The number of benzene rings is 1. The molecule has 1 N–H and O–H groups in total. The minimum Gasteiger partial charge on any atom is -0.444 e. The van der Waals surface area contributed by atoms with Crippen LogP contribution in [0.3, 0.4) is 0 Å². The van der Waals surface area contributed by atoms with Crippen LogP contribution < -0.4 is 0 Å². The Balaban J connectivity index is 1.95. The Hall–Kier alpha value is -2.01. The normalized spacial score (nSPS) is 18.1. The van der Waals surface area contributed by atoms with Crippen LogP contribution in [0.5, 0.6) is 0 Å². The Bertz CT molecular complexity index is 684. The molecule has 21 heavy (non-hydrogen) atoms. The third-order valence-corrected chi connectivity index (χ3v) is 3.54. The maximum Gasteiger partial charge on any atom is 0.412 e. The summed E-state index contributed by atoms with van der Waals surface area (Å²) in [6.45, 7) is 6.05. The topological polar surface area (TPSA) is 54.6 Å². The molecule has 0 saturated heterocycles. The Morgan fingerprint density at radius 3 is 2.71 bits per heavy atom. The monoisotopic (exact) mass is 288 g/mol. The van der Waals surface area contributed by atoms with Crippen LogP contribution in [0.1, 0.15) is 38.3 Å². The molecule has 1 aliphatic heterocycles. The molecular weight excluding hydrogens is 268 g/mol. The highest BCUT2D eigenvalue weighted by molar-refractivity contribution is 5.86. The number of rotatable bonds is 1. The van der Waals surface area contributed by atoms with Crippen molar-refractivity contribution in [2.24, 2.45) is 0 Å². The minimum atomic E-state index is -0.520. The fourth-order valence-electron chi connectivity index (χ4n) is 2.76. The van der Waals surface area contributed by atoms with Gasteiger partial charge in [-0.25, -0.2) is 4.79 Å². The Morgan fingerprint density at radius 2 is 2.05 bits per heavy atom. The number of carbonyl (C=O) groups excluding carboxylic acids is 1. The summed E-state index contributed by atoms with van der Waals surface area (Å²) in [7, 11) is 1.61. The molecule has 0 spiro atoms. The smallest absolute Gasteiger partial charge is 0.412 e. The first-order valence-corrected chi connectivity index (χ1v) is 7.02. The van der Waals surface area contributed by atoms with Crippen molar-refractivity contribution >= 4 is 17.0 Å². The highest BCUT2D eigenvalue weighted by Crippen LogP contribution is 2.39. The van der Waals surface area contributed by atoms with Gasteiger partial charge in [0.15, 0.2) is 6.23 Å². The molecule has 2 aromatic rings. The summed E-state index contributed by atoms with van der Waals surface area (Å²) < 4.78 is 11.0. The summed E-state index contributed by atoms with van der Waals surface area (Å²) in [6, 6.07) is 8.04. The molecule has 1 amide bonds. The number of nitrogens with one attached hydrogen (secondary N) is 1. The van der Waals surface area contributed by atoms with Crippen molar-refractivity contribution in [1.29, 1.82) is 0 Å². The largest absolute Gasteiger partial charge is 0.444 e. The Kier molecular flexibility index (Phi) is 3.17. The first-order valence-electron chi connectivity index (χ1n) is 7.02. The van der Waals surface area contributed by atoms with Crippen molar-refractivity contribution < 1.29 is 14.3 Å². The highest BCUT2D eigenvalue weighted by Gasteiger charge is 2.38. The van der Waals surface area contributed by atoms with Gasteiger partial charge in [-0.1, -0.05) is 18.2 Å². The summed E-state index contributed by atoms with van der Waals surface area (Å²) in [5.41, 5.74) is 2.58. The van der Waals surface area contributed by atoms with Crippen molar-refractivity contribution in [2.75, 3.05) is 7.11 Å². The van der Waals surface area contributed by atoms with Gasteiger partial charge in [0.05, 0.1) is 6.54 Å². The predicted octanol–water partition coefficient (Wildman–Crippen LogP) is 3.56. The fraction of sp³-hybridized carbons (Fsp3) is 0.438. The first-order chi connectivity index (χ1) is 9.90. The van der Waals surface area contributed by atoms with E-state index in [1.165, 1.54) is 0 Å². The molecule has 3 rings (SSSR count). The van der Waals surface area contributed by atoms with E-state index in [2.05, 4.69) is 4.98 Å². The van der Waals surface area contributed by atoms with Gasteiger partial charge in [-0.05, 0) is 26.8 Å². The van der Waals surface area contributed by atoms with E-state index in [0.717, 1.165) is 22.2 Å². The van der Waals surface area contributed by atoms with Crippen molar-refractivity contribution in [1.82, 2.24) is 9.88 Å². The number of aromatic amines is 1. The van der Waals surface area contributed by atoms with Gasteiger partial charge in [-0.3, -0.25) is 4.90 Å². The summed E-state index contributed by atoms with van der Waals surface area (Å²) in [4.78, 5) is 17.3. The molecular formula is C16H20N2O3. The van der Waals surface area contributed by atoms with Crippen LogP contribution in [0, 0.1) is 0 Å². The average Bonchev–Trinajstić information content (AvgIpc) is 2.91. The van der Waals surface area contributed by atoms with Crippen molar-refractivity contribution in [3.05, 3.63) is 35.5 Å². The molecule has 1 unspecified atom stereocenters. The highest BCUT2D eigenvalue weighted by atomic mass is 16.6. The molecule has 112 valence electrons. The standard InChI is InChI=1S/C16H20N2O3/c1-16(2,3)21-15(19)18-9-12-13(14(18)20-4)10-7-5-6-8-11(10)17-12/h5-8,14,17H,9H2,1-4H3. The lowest BCUT2D eigenvalue weighted by molar-refractivity contribution is -0.0445. The molecule has 5 nitrogen and oxygen atoms in total. The zero-order chi connectivity index (χ0) is 15.2. The van der Waals surface area contributed by atoms with E-state index in [9.17, 15) is 4.79 Å². The molecule has 2 heterocycles. The summed E-state index contributed by atoms with van der Waals surface area (Å²) >= 11 is 0. The van der Waals surface area contributed by atoms with Gasteiger partial charge in [0.25, 0.3) is 0 Å². The molecule has 0 aliphatic carbocycles. The van der Waals surface area contributed by atoms with Gasteiger partial charge in [-0.15, -0.1) is 0 Å². The number of H-pyrrole nitrogens is 1. The molecule has 1 aromatic carbocycles. The van der Waals surface area contributed by atoms with Gasteiger partial charge in [-0.2, -0.15) is 0 Å². The fourth-order valence-corrected chi connectivity index (χ4v) is 2.76. The first kappa shape index (κ1) is 13.9. The van der Waals surface area contributed by atoms with Crippen LogP contribution in [0.25, 0.3) is 10.9 Å². The maximum absolute atomic E-state index is 12.3. The van der Waals surface area contributed by atoms with Crippen LogP contribution >= 0.6 is 0 Å². The lowest BCUT2D eigenvalue weighted by Gasteiger charge is -2.28. The molecule has 0 fully saturated rings. The predicted molar refractivity (Wildman–Crippen MR) is 79.8 cm³/mol. The van der Waals surface area contributed by atoms with Crippen molar-refractivity contribution in [3.63, 3.8) is 0 Å². The number of methoxy groups -OCH3 is 1. The van der Waals surface area contributed by atoms with Gasteiger partial charge in [0.1, 0.15) is 5.60 Å². The molecule has 1 atom stereocenters. The van der Waals surface area contributed by atoms with Crippen LogP contribution in [-0.2, 0) is 16.0 Å². The molecule has 1 aromatic heterocycles. The number of hydrogen-bond donors (Lipinski definition) is 1. The zero-order valence-electron chi connectivity index (χ0n) is 12.8. The summed E-state index contributed by atoms with van der Waals surface area (Å²) in [6.07, 6.45) is -0.769.